The molecule has 11 heteroatoms. The third kappa shape index (κ3) is 4.44. The Morgan fingerprint density at radius 2 is 1.94 bits per heavy atom. The third-order valence-electron chi connectivity index (χ3n) is 6.28. The Balaban J connectivity index is 1.22. The number of thiophene rings is 1. The molecule has 8 nitrogen and oxygen atoms in total. The molecule has 1 N–H and O–H groups in total. The van der Waals surface area contributed by atoms with Crippen LogP contribution in [0.25, 0.3) is 11.4 Å². The van der Waals surface area contributed by atoms with Gasteiger partial charge in [-0.3, -0.25) is 4.79 Å². The third-order valence-corrected chi connectivity index (χ3v) is 9.59. The minimum Gasteiger partial charge on any atom is -0.339 e. The standard InChI is InChI=1S/C22H23FN4O4S2/c23-17-6-1-2-7-18(17)24-21(28)14-8-10-27(11-9-14)33(29,30)19-12-16(13-32-19)20-25-22(31-26-20)15-4-3-5-15/h1-2,6-7,12-15H,3-5,8-11H2,(H,24,28). The van der Waals surface area contributed by atoms with E-state index in [0.29, 0.717) is 36.0 Å². The normalized spacial score (nSPS) is 18.2. The van der Waals surface area contributed by atoms with E-state index < -0.39 is 15.8 Å². The van der Waals surface area contributed by atoms with Crippen LogP contribution in [0.4, 0.5) is 10.1 Å². The molecule has 0 unspecified atom stereocenters. The second kappa shape index (κ2) is 8.96. The van der Waals surface area contributed by atoms with E-state index in [2.05, 4.69) is 15.5 Å². The van der Waals surface area contributed by atoms with Crippen LogP contribution in [0.1, 0.15) is 43.9 Å². The van der Waals surface area contributed by atoms with Gasteiger partial charge in [-0.2, -0.15) is 9.29 Å². The Morgan fingerprint density at radius 1 is 1.18 bits per heavy atom. The zero-order chi connectivity index (χ0) is 23.0. The number of anilines is 1. The predicted molar refractivity (Wildman–Crippen MR) is 121 cm³/mol. The number of hydrogen-bond acceptors (Lipinski definition) is 7. The topological polar surface area (TPSA) is 105 Å². The number of carbonyl (C=O) groups excluding carboxylic acids is 1. The number of sulfonamides is 1. The van der Waals surface area contributed by atoms with Crippen molar-refractivity contribution < 1.29 is 22.1 Å². The van der Waals surface area contributed by atoms with Gasteiger partial charge in [0.15, 0.2) is 0 Å². The van der Waals surface area contributed by atoms with Crippen molar-refractivity contribution in [2.24, 2.45) is 5.92 Å². The second-order valence-corrected chi connectivity index (χ2v) is 11.5. The number of carbonyl (C=O) groups is 1. The molecule has 0 spiro atoms. The minimum absolute atomic E-state index is 0.130. The number of nitrogens with zero attached hydrogens (tertiary/aromatic N) is 3. The quantitative estimate of drug-likeness (QED) is 0.554. The SMILES string of the molecule is O=C(Nc1ccccc1F)C1CCN(S(=O)(=O)c2cc(-c3noc(C4CCC4)n3)cs2)CC1. The van der Waals surface area contributed by atoms with Crippen molar-refractivity contribution in [2.45, 2.75) is 42.2 Å². The molecule has 174 valence electrons. The highest BCUT2D eigenvalue weighted by atomic mass is 32.2. The van der Waals surface area contributed by atoms with Gasteiger partial charge in [0.05, 0.1) is 5.69 Å². The Labute approximate surface area is 194 Å². The van der Waals surface area contributed by atoms with Crippen molar-refractivity contribution in [1.29, 1.82) is 0 Å². The molecule has 2 aromatic heterocycles. The van der Waals surface area contributed by atoms with E-state index in [-0.39, 0.29) is 34.8 Å². The van der Waals surface area contributed by atoms with Crippen LogP contribution in [0.3, 0.4) is 0 Å². The van der Waals surface area contributed by atoms with Crippen molar-refractivity contribution in [3.05, 3.63) is 47.4 Å². The number of piperidine rings is 1. The van der Waals surface area contributed by atoms with E-state index in [1.807, 2.05) is 0 Å². The van der Waals surface area contributed by atoms with E-state index >= 15 is 0 Å². The first kappa shape index (κ1) is 22.2. The highest BCUT2D eigenvalue weighted by Crippen LogP contribution is 2.37. The zero-order valence-electron chi connectivity index (χ0n) is 17.7. The number of aromatic nitrogens is 2. The van der Waals surface area contributed by atoms with Gasteiger partial charge in [-0.15, -0.1) is 11.3 Å². The molecular weight excluding hydrogens is 467 g/mol. The molecule has 3 heterocycles. The predicted octanol–water partition coefficient (Wildman–Crippen LogP) is 4.24. The number of amides is 1. The van der Waals surface area contributed by atoms with Crippen LogP contribution >= 0.6 is 11.3 Å². The summed E-state index contributed by atoms with van der Waals surface area (Å²) in [5.41, 5.74) is 0.748. The molecule has 1 aliphatic carbocycles. The van der Waals surface area contributed by atoms with Crippen LogP contribution in [0.15, 0.2) is 44.4 Å². The average Bonchev–Trinajstić information content (AvgIpc) is 3.44. The average molecular weight is 491 g/mol. The molecule has 0 atom stereocenters. The summed E-state index contributed by atoms with van der Waals surface area (Å²) in [5.74, 6) is 0.153. The maximum Gasteiger partial charge on any atom is 0.252 e. The summed E-state index contributed by atoms with van der Waals surface area (Å²) < 4.78 is 47.0. The number of benzene rings is 1. The monoisotopic (exact) mass is 490 g/mol. The first-order valence-corrected chi connectivity index (χ1v) is 13.2. The molecule has 33 heavy (non-hydrogen) atoms. The van der Waals surface area contributed by atoms with Crippen LogP contribution in [-0.2, 0) is 14.8 Å². The molecule has 1 amide bonds. The molecule has 2 aliphatic rings. The fourth-order valence-corrected chi connectivity index (χ4v) is 6.81. The van der Waals surface area contributed by atoms with E-state index in [4.69, 9.17) is 4.52 Å². The number of nitrogens with one attached hydrogen (secondary N) is 1. The molecule has 1 saturated carbocycles. The van der Waals surface area contributed by atoms with Crippen molar-refractivity contribution in [3.8, 4) is 11.4 Å². The maximum absolute atomic E-state index is 13.8. The molecular formula is C22H23FN4O4S2. The molecule has 1 aromatic carbocycles. The number of halogens is 1. The summed E-state index contributed by atoms with van der Waals surface area (Å²) >= 11 is 1.12. The van der Waals surface area contributed by atoms with Crippen LogP contribution in [-0.4, -0.2) is 41.9 Å². The van der Waals surface area contributed by atoms with Gasteiger partial charge in [-0.05, 0) is 43.9 Å². The number of para-hydroxylation sites is 1. The lowest BCUT2D eigenvalue weighted by atomic mass is 9.85. The number of rotatable bonds is 6. The van der Waals surface area contributed by atoms with E-state index in [0.717, 1.165) is 30.6 Å². The van der Waals surface area contributed by atoms with Gasteiger partial charge in [0.25, 0.3) is 10.0 Å². The van der Waals surface area contributed by atoms with Crippen LogP contribution in [0.5, 0.6) is 0 Å². The summed E-state index contributed by atoms with van der Waals surface area (Å²) in [6.07, 6.45) is 3.98. The Kier molecular flexibility index (Phi) is 6.02. The van der Waals surface area contributed by atoms with Gasteiger partial charge in [0.2, 0.25) is 17.6 Å². The van der Waals surface area contributed by atoms with Gasteiger partial charge in [0, 0.05) is 35.9 Å². The molecule has 3 aromatic rings. The first-order valence-electron chi connectivity index (χ1n) is 10.9. The summed E-state index contributed by atoms with van der Waals surface area (Å²) in [6, 6.07) is 7.55. The highest BCUT2D eigenvalue weighted by molar-refractivity contribution is 7.91. The molecule has 5 rings (SSSR count). The smallest absolute Gasteiger partial charge is 0.252 e. The highest BCUT2D eigenvalue weighted by Gasteiger charge is 2.33. The summed E-state index contributed by atoms with van der Waals surface area (Å²) in [7, 11) is -3.69. The van der Waals surface area contributed by atoms with Crippen LogP contribution in [0, 0.1) is 11.7 Å². The number of hydrogen-bond donors (Lipinski definition) is 1. The minimum atomic E-state index is -3.69. The maximum atomic E-state index is 13.8. The lowest BCUT2D eigenvalue weighted by Gasteiger charge is -2.30. The molecule has 1 aliphatic heterocycles. The van der Waals surface area contributed by atoms with Gasteiger partial charge >= 0.3 is 0 Å². The van der Waals surface area contributed by atoms with Crippen LogP contribution < -0.4 is 5.32 Å². The summed E-state index contributed by atoms with van der Waals surface area (Å²) in [5, 5.41) is 8.33. The molecule has 1 saturated heterocycles. The summed E-state index contributed by atoms with van der Waals surface area (Å²) in [4.78, 5) is 16.9. The zero-order valence-corrected chi connectivity index (χ0v) is 19.4. The Bertz CT molecular complexity index is 1260. The lowest BCUT2D eigenvalue weighted by molar-refractivity contribution is -0.120. The van der Waals surface area contributed by atoms with Gasteiger partial charge in [-0.25, -0.2) is 12.8 Å². The largest absolute Gasteiger partial charge is 0.339 e. The van der Waals surface area contributed by atoms with Gasteiger partial charge in [0.1, 0.15) is 10.0 Å². The van der Waals surface area contributed by atoms with Gasteiger partial charge in [-0.1, -0.05) is 23.7 Å². The van der Waals surface area contributed by atoms with Crippen LogP contribution in [0.2, 0.25) is 0 Å². The Hall–Kier alpha value is -2.63. The van der Waals surface area contributed by atoms with Crippen molar-refractivity contribution >= 4 is 33.0 Å². The van der Waals surface area contributed by atoms with E-state index in [1.165, 1.54) is 16.4 Å². The fourth-order valence-electron chi connectivity index (χ4n) is 4.03. The van der Waals surface area contributed by atoms with Gasteiger partial charge < -0.3 is 9.84 Å². The Morgan fingerprint density at radius 3 is 2.64 bits per heavy atom. The van der Waals surface area contributed by atoms with Crippen molar-refractivity contribution in [2.75, 3.05) is 18.4 Å². The molecule has 0 radical (unpaired) electrons. The molecule has 2 fully saturated rings. The second-order valence-electron chi connectivity index (χ2n) is 8.39. The van der Waals surface area contributed by atoms with E-state index in [9.17, 15) is 17.6 Å². The molecule has 0 bridgehead atoms. The summed E-state index contributed by atoms with van der Waals surface area (Å²) in [6.45, 7) is 0.442. The fraction of sp³-hybridized carbons (Fsp3) is 0.409. The van der Waals surface area contributed by atoms with Crippen molar-refractivity contribution in [3.63, 3.8) is 0 Å². The van der Waals surface area contributed by atoms with Crippen molar-refractivity contribution in [1.82, 2.24) is 14.4 Å². The van der Waals surface area contributed by atoms with E-state index in [1.54, 1.807) is 23.6 Å². The first-order chi connectivity index (χ1) is 15.9. The lowest BCUT2D eigenvalue weighted by Crippen LogP contribution is -2.41.